The first-order valence-electron chi connectivity index (χ1n) is 6.98. The van der Waals surface area contributed by atoms with Gasteiger partial charge in [0.05, 0.1) is 5.69 Å². The van der Waals surface area contributed by atoms with E-state index in [0.29, 0.717) is 12.2 Å². The topological polar surface area (TPSA) is 15.3 Å². The van der Waals surface area contributed by atoms with Gasteiger partial charge in [-0.25, -0.2) is 4.39 Å². The van der Waals surface area contributed by atoms with Crippen molar-refractivity contribution in [1.29, 1.82) is 0 Å². The van der Waals surface area contributed by atoms with E-state index < -0.39 is 0 Å². The molecule has 0 fully saturated rings. The molecule has 2 aromatic carbocycles. The van der Waals surface area contributed by atoms with Crippen LogP contribution in [-0.2, 0) is 6.54 Å². The van der Waals surface area contributed by atoms with E-state index >= 15 is 0 Å². The lowest BCUT2D eigenvalue weighted by Gasteiger charge is -2.24. The van der Waals surface area contributed by atoms with E-state index in [-0.39, 0.29) is 11.9 Å². The lowest BCUT2D eigenvalue weighted by molar-refractivity contribution is 0.614. The molecular formula is C17H20BrFN2. The Bertz CT molecular complexity index is 613. The minimum absolute atomic E-state index is 0.205. The highest BCUT2D eigenvalue weighted by Gasteiger charge is 2.11. The molecule has 0 amide bonds. The molecule has 0 atom stereocenters. The number of rotatable bonds is 5. The third kappa shape index (κ3) is 3.97. The van der Waals surface area contributed by atoms with Gasteiger partial charge in [-0.1, -0.05) is 34.1 Å². The van der Waals surface area contributed by atoms with Gasteiger partial charge in [-0.05, 0) is 43.7 Å². The van der Waals surface area contributed by atoms with Crippen LogP contribution in [0.25, 0.3) is 0 Å². The molecule has 0 radical (unpaired) electrons. The Kier molecular flexibility index (Phi) is 5.23. The minimum Gasteiger partial charge on any atom is -0.381 e. The van der Waals surface area contributed by atoms with Crippen molar-refractivity contribution < 1.29 is 4.39 Å². The average Bonchev–Trinajstić information content (AvgIpc) is 2.46. The normalized spacial score (nSPS) is 10.8. The summed E-state index contributed by atoms with van der Waals surface area (Å²) in [5.41, 5.74) is 2.54. The average molecular weight is 351 g/mol. The first-order chi connectivity index (χ1) is 9.99. The highest BCUT2D eigenvalue weighted by molar-refractivity contribution is 9.10. The van der Waals surface area contributed by atoms with Crippen molar-refractivity contribution in [3.05, 3.63) is 58.3 Å². The zero-order chi connectivity index (χ0) is 15.4. The van der Waals surface area contributed by atoms with E-state index in [1.165, 1.54) is 0 Å². The molecule has 1 N–H and O–H groups in total. The van der Waals surface area contributed by atoms with Crippen LogP contribution in [0.3, 0.4) is 0 Å². The summed E-state index contributed by atoms with van der Waals surface area (Å²) in [4.78, 5) is 1.92. The van der Waals surface area contributed by atoms with Gasteiger partial charge in [0.1, 0.15) is 5.82 Å². The van der Waals surface area contributed by atoms with Crippen molar-refractivity contribution in [3.63, 3.8) is 0 Å². The van der Waals surface area contributed by atoms with Crippen molar-refractivity contribution in [2.75, 3.05) is 17.3 Å². The molecule has 0 aliphatic rings. The predicted octanol–water partition coefficient (Wildman–Crippen LogP) is 5.04. The highest BCUT2D eigenvalue weighted by Crippen LogP contribution is 2.24. The summed E-state index contributed by atoms with van der Waals surface area (Å²) >= 11 is 3.51. The molecule has 0 saturated carbocycles. The molecule has 4 heteroatoms. The SMILES string of the molecule is CC(C)N(C)c1ccc(NCc2ccccc2Br)cc1F. The van der Waals surface area contributed by atoms with Crippen LogP contribution in [0, 0.1) is 5.82 Å². The molecule has 2 nitrogen and oxygen atoms in total. The van der Waals surface area contributed by atoms with Crippen molar-refractivity contribution in [3.8, 4) is 0 Å². The van der Waals surface area contributed by atoms with Crippen molar-refractivity contribution in [1.82, 2.24) is 0 Å². The van der Waals surface area contributed by atoms with E-state index in [9.17, 15) is 4.39 Å². The molecule has 2 rings (SSSR count). The van der Waals surface area contributed by atoms with Crippen molar-refractivity contribution in [2.24, 2.45) is 0 Å². The Balaban J connectivity index is 2.09. The molecule has 0 heterocycles. The fraction of sp³-hybridized carbons (Fsp3) is 0.294. The lowest BCUT2D eigenvalue weighted by atomic mass is 10.2. The summed E-state index contributed by atoms with van der Waals surface area (Å²) in [6.07, 6.45) is 0. The molecular weight excluding hydrogens is 331 g/mol. The number of nitrogens with zero attached hydrogens (tertiary/aromatic N) is 1. The van der Waals surface area contributed by atoms with Gasteiger partial charge in [0.2, 0.25) is 0 Å². The maximum absolute atomic E-state index is 14.2. The predicted molar refractivity (Wildman–Crippen MR) is 91.4 cm³/mol. The van der Waals surface area contributed by atoms with Crippen molar-refractivity contribution in [2.45, 2.75) is 26.4 Å². The Morgan fingerprint density at radius 2 is 1.90 bits per heavy atom. The lowest BCUT2D eigenvalue weighted by Crippen LogP contribution is -2.26. The zero-order valence-corrected chi connectivity index (χ0v) is 14.1. The summed E-state index contributed by atoms with van der Waals surface area (Å²) < 4.78 is 15.2. The summed E-state index contributed by atoms with van der Waals surface area (Å²) in [6, 6.07) is 13.5. The molecule has 0 aromatic heterocycles. The van der Waals surface area contributed by atoms with Crippen LogP contribution in [0.2, 0.25) is 0 Å². The van der Waals surface area contributed by atoms with Gasteiger partial charge in [-0.3, -0.25) is 0 Å². The van der Waals surface area contributed by atoms with Crippen molar-refractivity contribution >= 4 is 27.3 Å². The number of halogens is 2. The Hall–Kier alpha value is -1.55. The zero-order valence-electron chi connectivity index (χ0n) is 12.5. The third-order valence-corrected chi connectivity index (χ3v) is 4.32. The number of hydrogen-bond donors (Lipinski definition) is 1. The monoisotopic (exact) mass is 350 g/mol. The van der Waals surface area contributed by atoms with Crippen LogP contribution < -0.4 is 10.2 Å². The van der Waals surface area contributed by atoms with Gasteiger partial charge in [0.25, 0.3) is 0 Å². The van der Waals surface area contributed by atoms with Crippen LogP contribution >= 0.6 is 15.9 Å². The standard InChI is InChI=1S/C17H20BrFN2/c1-12(2)21(3)17-9-8-14(10-16(17)19)20-11-13-6-4-5-7-15(13)18/h4-10,12,20H,11H2,1-3H3. The Morgan fingerprint density at radius 3 is 2.52 bits per heavy atom. The second kappa shape index (κ2) is 6.94. The summed E-state index contributed by atoms with van der Waals surface area (Å²) in [6.45, 7) is 4.73. The van der Waals surface area contributed by atoms with Gasteiger partial charge in [0.15, 0.2) is 0 Å². The minimum atomic E-state index is -0.205. The Morgan fingerprint density at radius 1 is 1.19 bits per heavy atom. The quantitative estimate of drug-likeness (QED) is 0.811. The molecule has 0 aliphatic carbocycles. The van der Waals surface area contributed by atoms with Crippen LogP contribution in [-0.4, -0.2) is 13.1 Å². The van der Waals surface area contributed by atoms with Gasteiger partial charge >= 0.3 is 0 Å². The number of anilines is 2. The van der Waals surface area contributed by atoms with Crippen LogP contribution in [0.15, 0.2) is 46.9 Å². The van der Waals surface area contributed by atoms with Gasteiger partial charge in [-0.15, -0.1) is 0 Å². The maximum atomic E-state index is 14.2. The van der Waals surface area contributed by atoms with E-state index in [1.54, 1.807) is 6.07 Å². The van der Waals surface area contributed by atoms with E-state index in [2.05, 4.69) is 21.2 Å². The third-order valence-electron chi connectivity index (χ3n) is 3.54. The number of nitrogens with one attached hydrogen (secondary N) is 1. The summed E-state index contributed by atoms with van der Waals surface area (Å²) in [5.74, 6) is -0.205. The molecule has 2 aromatic rings. The van der Waals surface area contributed by atoms with Gasteiger partial charge in [0, 0.05) is 29.8 Å². The highest BCUT2D eigenvalue weighted by atomic mass is 79.9. The number of hydrogen-bond acceptors (Lipinski definition) is 2. The largest absolute Gasteiger partial charge is 0.381 e. The van der Waals surface area contributed by atoms with E-state index in [0.717, 1.165) is 15.7 Å². The van der Waals surface area contributed by atoms with E-state index in [4.69, 9.17) is 0 Å². The number of benzene rings is 2. The Labute approximate surface area is 134 Å². The first-order valence-corrected chi connectivity index (χ1v) is 7.78. The second-order valence-corrected chi connectivity index (χ2v) is 6.17. The van der Waals surface area contributed by atoms with Crippen LogP contribution in [0.4, 0.5) is 15.8 Å². The first kappa shape index (κ1) is 15.8. The van der Waals surface area contributed by atoms with Crippen LogP contribution in [0.5, 0.6) is 0 Å². The molecule has 0 spiro atoms. The smallest absolute Gasteiger partial charge is 0.148 e. The molecule has 0 unspecified atom stereocenters. The fourth-order valence-corrected chi connectivity index (χ4v) is 2.45. The molecule has 0 aliphatic heterocycles. The molecule has 112 valence electrons. The fourth-order valence-electron chi connectivity index (χ4n) is 2.02. The molecule has 0 saturated heterocycles. The summed E-state index contributed by atoms with van der Waals surface area (Å²) in [5, 5.41) is 3.25. The van der Waals surface area contributed by atoms with Gasteiger partial charge < -0.3 is 10.2 Å². The molecule has 0 bridgehead atoms. The maximum Gasteiger partial charge on any atom is 0.148 e. The summed E-state index contributed by atoms with van der Waals surface area (Å²) in [7, 11) is 1.90. The van der Waals surface area contributed by atoms with E-state index in [1.807, 2.05) is 62.2 Å². The van der Waals surface area contributed by atoms with Crippen LogP contribution in [0.1, 0.15) is 19.4 Å². The second-order valence-electron chi connectivity index (χ2n) is 5.32. The molecule has 21 heavy (non-hydrogen) atoms. The van der Waals surface area contributed by atoms with Gasteiger partial charge in [-0.2, -0.15) is 0 Å².